The number of nitriles is 1. The number of hydrogen-bond donors (Lipinski definition) is 0. The van der Waals surface area contributed by atoms with E-state index in [0.29, 0.717) is 26.4 Å². The van der Waals surface area contributed by atoms with Gasteiger partial charge in [0, 0.05) is 11.1 Å². The summed E-state index contributed by atoms with van der Waals surface area (Å²) in [4.78, 5) is 0. The van der Waals surface area contributed by atoms with Gasteiger partial charge in [0.1, 0.15) is 18.4 Å². The molecule has 0 amide bonds. The monoisotopic (exact) mass is 311 g/mol. The summed E-state index contributed by atoms with van der Waals surface area (Å²) in [5.41, 5.74) is 1.29. The summed E-state index contributed by atoms with van der Waals surface area (Å²) in [7, 11) is 0. The highest BCUT2D eigenvalue weighted by atomic mass is 35.5. The molecule has 0 aliphatic rings. The molecule has 0 N–H and O–H groups in total. The van der Waals surface area contributed by atoms with Crippen LogP contribution in [0.25, 0.3) is 0 Å². The van der Waals surface area contributed by atoms with Crippen molar-refractivity contribution >= 4 is 34.8 Å². The van der Waals surface area contributed by atoms with E-state index in [4.69, 9.17) is 44.8 Å². The molecule has 0 saturated heterocycles. The summed E-state index contributed by atoms with van der Waals surface area (Å²) in [6.07, 6.45) is 0. The molecule has 0 spiro atoms. The Balaban J connectivity index is 2.16. The Hall–Kier alpha value is -1.40. The van der Waals surface area contributed by atoms with Gasteiger partial charge in [0.05, 0.1) is 15.6 Å². The fourth-order valence-corrected chi connectivity index (χ4v) is 1.98. The third-order valence-corrected chi connectivity index (χ3v) is 3.42. The van der Waals surface area contributed by atoms with Crippen molar-refractivity contribution < 1.29 is 4.74 Å². The molecule has 19 heavy (non-hydrogen) atoms. The van der Waals surface area contributed by atoms with Gasteiger partial charge in [-0.2, -0.15) is 5.26 Å². The van der Waals surface area contributed by atoms with Crippen LogP contribution in [0.3, 0.4) is 0 Å². The average Bonchev–Trinajstić information content (AvgIpc) is 2.40. The third kappa shape index (κ3) is 3.54. The van der Waals surface area contributed by atoms with Crippen LogP contribution in [0, 0.1) is 11.3 Å². The van der Waals surface area contributed by atoms with Crippen molar-refractivity contribution in [2.24, 2.45) is 0 Å². The summed E-state index contributed by atoms with van der Waals surface area (Å²) < 4.78 is 5.58. The summed E-state index contributed by atoms with van der Waals surface area (Å²) in [6, 6.07) is 12.2. The molecule has 0 heterocycles. The molecule has 0 aromatic heterocycles. The average molecular weight is 313 g/mol. The number of hydrogen-bond acceptors (Lipinski definition) is 2. The zero-order chi connectivity index (χ0) is 13.8. The maximum Gasteiger partial charge on any atom is 0.139 e. The first-order valence-electron chi connectivity index (χ1n) is 5.36. The van der Waals surface area contributed by atoms with Crippen molar-refractivity contribution in [2.75, 3.05) is 0 Å². The van der Waals surface area contributed by atoms with Gasteiger partial charge in [-0.05, 0) is 29.8 Å². The van der Waals surface area contributed by atoms with E-state index in [-0.39, 0.29) is 6.61 Å². The summed E-state index contributed by atoms with van der Waals surface area (Å²) in [5, 5.41) is 10.5. The standard InChI is InChI=1S/C14H8Cl3NO/c15-11-3-2-10(7-18)14(6-11)19-8-9-1-4-12(16)13(17)5-9/h1-6H,8H2. The maximum absolute atomic E-state index is 8.98. The molecule has 0 aliphatic carbocycles. The molecule has 2 aromatic carbocycles. The molecule has 0 aliphatic heterocycles. The molecule has 0 fully saturated rings. The highest BCUT2D eigenvalue weighted by molar-refractivity contribution is 6.42. The summed E-state index contributed by atoms with van der Waals surface area (Å²) in [5.74, 6) is 0.445. The Labute approximate surface area is 126 Å². The van der Waals surface area contributed by atoms with E-state index in [0.717, 1.165) is 5.56 Å². The Bertz CT molecular complexity index is 650. The highest BCUT2D eigenvalue weighted by Crippen LogP contribution is 2.26. The Morgan fingerprint density at radius 2 is 1.79 bits per heavy atom. The molecule has 0 saturated carbocycles. The van der Waals surface area contributed by atoms with Gasteiger partial charge in [-0.1, -0.05) is 40.9 Å². The molecule has 0 bridgehead atoms. The van der Waals surface area contributed by atoms with Crippen LogP contribution in [0.5, 0.6) is 5.75 Å². The molecule has 0 radical (unpaired) electrons. The maximum atomic E-state index is 8.98. The van der Waals surface area contributed by atoms with Gasteiger partial charge in [0.25, 0.3) is 0 Å². The lowest BCUT2D eigenvalue weighted by Crippen LogP contribution is -1.97. The van der Waals surface area contributed by atoms with Crippen molar-refractivity contribution in [3.05, 3.63) is 62.6 Å². The Kier molecular flexibility index (Phi) is 4.55. The summed E-state index contributed by atoms with van der Waals surface area (Å²) >= 11 is 17.6. The number of ether oxygens (including phenoxy) is 1. The SMILES string of the molecule is N#Cc1ccc(Cl)cc1OCc1ccc(Cl)c(Cl)c1. The van der Waals surface area contributed by atoms with Crippen molar-refractivity contribution in [1.82, 2.24) is 0 Å². The van der Waals surface area contributed by atoms with Crippen LogP contribution in [0.4, 0.5) is 0 Å². The number of halogens is 3. The molecular formula is C14H8Cl3NO. The van der Waals surface area contributed by atoms with E-state index in [1.54, 1.807) is 30.3 Å². The van der Waals surface area contributed by atoms with Gasteiger partial charge >= 0.3 is 0 Å². The Morgan fingerprint density at radius 3 is 2.47 bits per heavy atom. The van der Waals surface area contributed by atoms with E-state index in [2.05, 4.69) is 0 Å². The minimum Gasteiger partial charge on any atom is -0.487 e. The molecule has 96 valence electrons. The first-order valence-corrected chi connectivity index (χ1v) is 6.50. The first-order chi connectivity index (χ1) is 9.10. The van der Waals surface area contributed by atoms with Crippen LogP contribution in [-0.4, -0.2) is 0 Å². The van der Waals surface area contributed by atoms with Crippen LogP contribution in [0.15, 0.2) is 36.4 Å². The second-order valence-electron chi connectivity index (χ2n) is 3.79. The van der Waals surface area contributed by atoms with Crippen molar-refractivity contribution in [3.63, 3.8) is 0 Å². The molecular weight excluding hydrogens is 305 g/mol. The van der Waals surface area contributed by atoms with Crippen LogP contribution in [0.1, 0.15) is 11.1 Å². The number of rotatable bonds is 3. The minimum absolute atomic E-state index is 0.284. The predicted molar refractivity (Wildman–Crippen MR) is 77.0 cm³/mol. The normalized spacial score (nSPS) is 10.0. The molecule has 0 unspecified atom stereocenters. The fraction of sp³-hybridized carbons (Fsp3) is 0.0714. The topological polar surface area (TPSA) is 33.0 Å². The fourth-order valence-electron chi connectivity index (χ4n) is 1.50. The van der Waals surface area contributed by atoms with Crippen molar-refractivity contribution in [3.8, 4) is 11.8 Å². The lowest BCUT2D eigenvalue weighted by Gasteiger charge is -2.09. The van der Waals surface area contributed by atoms with Gasteiger partial charge in [-0.25, -0.2) is 0 Å². The van der Waals surface area contributed by atoms with Crippen LogP contribution in [-0.2, 0) is 6.61 Å². The van der Waals surface area contributed by atoms with Gasteiger partial charge in [-0.15, -0.1) is 0 Å². The molecule has 2 aromatic rings. The second kappa shape index (κ2) is 6.16. The van der Waals surface area contributed by atoms with Gasteiger partial charge in [-0.3, -0.25) is 0 Å². The summed E-state index contributed by atoms with van der Waals surface area (Å²) in [6.45, 7) is 0.284. The second-order valence-corrected chi connectivity index (χ2v) is 5.04. The van der Waals surface area contributed by atoms with Gasteiger partial charge in [0.2, 0.25) is 0 Å². The quantitative estimate of drug-likeness (QED) is 0.790. The zero-order valence-corrected chi connectivity index (χ0v) is 11.9. The molecule has 0 atom stereocenters. The van der Waals surface area contributed by atoms with Crippen molar-refractivity contribution in [2.45, 2.75) is 6.61 Å². The first kappa shape index (κ1) is 14.0. The smallest absolute Gasteiger partial charge is 0.139 e. The van der Waals surface area contributed by atoms with Gasteiger partial charge < -0.3 is 4.74 Å². The zero-order valence-electron chi connectivity index (χ0n) is 9.66. The predicted octanol–water partition coefficient (Wildman–Crippen LogP) is 5.10. The largest absolute Gasteiger partial charge is 0.487 e. The van der Waals surface area contributed by atoms with E-state index in [1.165, 1.54) is 0 Å². The highest BCUT2D eigenvalue weighted by Gasteiger charge is 2.06. The van der Waals surface area contributed by atoms with E-state index in [1.807, 2.05) is 12.1 Å². The van der Waals surface area contributed by atoms with Crippen LogP contribution in [0.2, 0.25) is 15.1 Å². The van der Waals surface area contributed by atoms with E-state index < -0.39 is 0 Å². The lowest BCUT2D eigenvalue weighted by atomic mass is 10.2. The molecule has 5 heteroatoms. The van der Waals surface area contributed by atoms with Gasteiger partial charge in [0.15, 0.2) is 0 Å². The third-order valence-electron chi connectivity index (χ3n) is 2.44. The minimum atomic E-state index is 0.284. The van der Waals surface area contributed by atoms with Crippen LogP contribution < -0.4 is 4.74 Å². The van der Waals surface area contributed by atoms with E-state index >= 15 is 0 Å². The van der Waals surface area contributed by atoms with Crippen molar-refractivity contribution in [1.29, 1.82) is 5.26 Å². The number of benzene rings is 2. The van der Waals surface area contributed by atoms with E-state index in [9.17, 15) is 0 Å². The molecule has 2 nitrogen and oxygen atoms in total. The number of nitrogens with zero attached hydrogens (tertiary/aromatic N) is 1. The Morgan fingerprint density at radius 1 is 1.00 bits per heavy atom. The molecule has 2 rings (SSSR count). The van der Waals surface area contributed by atoms with Crippen LogP contribution >= 0.6 is 34.8 Å². The lowest BCUT2D eigenvalue weighted by molar-refractivity contribution is 0.305.